The smallest absolute Gasteiger partial charge is 0.129 e. The molecular weight excluding hydrogens is 444 g/mol. The van der Waals surface area contributed by atoms with Gasteiger partial charge in [-0.05, 0) is 14.1 Å². The van der Waals surface area contributed by atoms with Crippen molar-refractivity contribution < 1.29 is 1.41 Å². The highest BCUT2D eigenvalue weighted by molar-refractivity contribution is 14.1. The topological polar surface area (TPSA) is 12.0 Å². The maximum Gasteiger partial charge on any atom is 0.129 e. The number of halogens is 1. The number of hydrogen-bond acceptors (Lipinski definition) is 1. The molecule has 0 heterocycles. The van der Waals surface area contributed by atoms with Crippen molar-refractivity contribution >= 4 is 221 Å². The molecule has 0 fully saturated rings. The van der Waals surface area contributed by atoms with E-state index in [9.17, 15) is 0 Å². The molecule has 0 atom stereocenters. The summed E-state index contributed by atoms with van der Waals surface area (Å²) in [7, 11) is 85.5. The van der Waals surface area contributed by atoms with Gasteiger partial charge < -0.3 is 11.2 Å². The van der Waals surface area contributed by atoms with Gasteiger partial charge in [0.25, 0.3) is 0 Å². The predicted octanol–water partition coefficient (Wildman–Crippen LogP) is -10.3. The lowest BCUT2D eigenvalue weighted by molar-refractivity contribution is 1.79. The Bertz CT molecular complexity index is 428. The third-order valence-corrected chi connectivity index (χ3v) is 6.21. The van der Waals surface area contributed by atoms with Gasteiger partial charge in [-0.3, -0.25) is 7.06 Å². The molecule has 0 saturated heterocycles. The molecule has 30 radical (unpaired) electrons. The molecule has 0 aromatic heterocycles. The van der Waals surface area contributed by atoms with E-state index in [4.69, 9.17) is 110 Å². The van der Waals surface area contributed by atoms with Gasteiger partial charge in [0.2, 0.25) is 0 Å². The molecule has 0 saturated carbocycles. The number of nitrogens with one attached hydrogen (secondary N) is 1. The van der Waals surface area contributed by atoms with Crippen molar-refractivity contribution in [2.24, 2.45) is 0 Å². The van der Waals surface area contributed by atoms with Gasteiger partial charge in [0.15, 0.2) is 0 Å². The minimum atomic E-state index is -1.06. The van der Waals surface area contributed by atoms with Crippen LogP contribution in [0.1, 0.15) is 0 Å². The molecule has 30 heavy (non-hydrogen) atoms. The standard InChI is InChI=1S/B28HIN/c1-15-22(14)26(23(16(2)3)17(4)5)28(30-29)27(24(18(6)7)19(8)9)25(20(10)11)21(12)13/h30H/q-1/i/hT. The van der Waals surface area contributed by atoms with Crippen LogP contribution in [0.15, 0.2) is 0 Å². The minimum absolute atomic E-state index is 0.815. The maximum absolute atomic E-state index is 8.51. The minimum Gasteiger partial charge on any atom is -0.690 e. The van der Waals surface area contributed by atoms with E-state index in [-0.39, 0.29) is 0 Å². The van der Waals surface area contributed by atoms with Crippen LogP contribution >= 0.6 is 22.9 Å². The fourth-order valence-corrected chi connectivity index (χ4v) is 4.99. The maximum atomic E-state index is 8.51. The molecule has 1 N–H and O–H groups in total. The van der Waals surface area contributed by atoms with Gasteiger partial charge in [-0.25, -0.2) is 0 Å². The molecule has 0 aliphatic carbocycles. The summed E-state index contributed by atoms with van der Waals surface area (Å²) in [6.07, 6.45) is -11.4. The van der Waals surface area contributed by atoms with Crippen molar-refractivity contribution in [2.45, 2.75) is 0 Å². The van der Waals surface area contributed by atoms with Gasteiger partial charge in [0, 0.05) is 186 Å². The van der Waals surface area contributed by atoms with Crippen LogP contribution in [0.5, 0.6) is 0 Å². The summed E-state index contributed by atoms with van der Waals surface area (Å²) in [6, 6.07) is 0. The fraction of sp³-hybridized carbons (Fsp3) is 0. The van der Waals surface area contributed by atoms with Crippen LogP contribution in [0.2, 0.25) is 1.41 Å². The zero-order valence-corrected chi connectivity index (χ0v) is 19.1. The lowest BCUT2D eigenvalue weighted by atomic mass is 8.37. The second-order valence-electron chi connectivity index (χ2n) is 7.71. The first kappa shape index (κ1) is 30.5. The van der Waals surface area contributed by atoms with Gasteiger partial charge in [-0.2, -0.15) is 0 Å². The highest BCUT2D eigenvalue weighted by atomic mass is 127. The summed E-state index contributed by atoms with van der Waals surface area (Å²) in [5.74, 6) is 0. The van der Waals surface area contributed by atoms with Crippen LogP contribution < -0.4 is 3.43 Å². The Hall–Kier alpha value is 2.51. The van der Waals surface area contributed by atoms with Crippen LogP contribution in [0.25, 0.3) is 0 Å². The van der Waals surface area contributed by atoms with E-state index in [0.29, 0.717) is 0 Å². The summed E-state index contributed by atoms with van der Waals surface area (Å²) in [6.45, 7) is -0.923. The molecule has 0 unspecified atom stereocenters. The van der Waals surface area contributed by atoms with Gasteiger partial charge >= 0.3 is 0 Å². The Kier molecular flexibility index (Phi) is 15.8. The molecule has 0 aliphatic heterocycles. The number of hydrogen-bond donors (Lipinski definition) is 1. The molecular formula is HB28IN-. The lowest BCUT2D eigenvalue weighted by Gasteiger charge is -2.48. The molecule has 0 aromatic rings. The quantitative estimate of drug-likeness (QED) is 0.159. The summed E-state index contributed by atoms with van der Waals surface area (Å²) in [5.41, 5.74) is 0. The van der Waals surface area contributed by atoms with E-state index in [0.717, 1.165) is 3.43 Å². The second-order valence-corrected chi connectivity index (χ2v) is 8.27. The SMILES string of the molecule is [3H]N(I)B(B(B([B])[B][B-])B(B([B])[B])B([B])[B])B(B(B([B])[B])B([B])[B])B(B([B])[B])B([B])[B]. The Morgan fingerprint density at radius 1 is 0.567 bits per heavy atom. The molecule has 98 valence electrons. The molecule has 0 rings (SSSR count). The monoisotopic (exact) mass is 452 g/mol. The van der Waals surface area contributed by atoms with Crippen molar-refractivity contribution in [3.63, 3.8) is 0 Å². The Morgan fingerprint density at radius 3 is 1.03 bits per heavy atom. The van der Waals surface area contributed by atoms with Crippen LogP contribution in [0.3, 0.4) is 0 Å². The lowest BCUT2D eigenvalue weighted by Crippen LogP contribution is -2.87. The molecule has 30 heteroatoms. The van der Waals surface area contributed by atoms with Crippen molar-refractivity contribution in [1.82, 2.24) is 3.43 Å². The summed E-state index contributed by atoms with van der Waals surface area (Å²) >= 11 is 1.73. The normalized spacial score (nSPS) is 10.2. The number of rotatable bonds is 14. The van der Waals surface area contributed by atoms with E-state index >= 15 is 0 Å². The van der Waals surface area contributed by atoms with E-state index in [2.05, 4.69) is 0 Å². The van der Waals surface area contributed by atoms with Crippen molar-refractivity contribution in [2.75, 3.05) is 0 Å². The van der Waals surface area contributed by atoms with E-state index in [1.165, 1.54) is 7.06 Å². The van der Waals surface area contributed by atoms with Gasteiger partial charge in [-0.1, -0.05) is 0 Å². The fourth-order valence-electron chi connectivity index (χ4n) is 4.25. The van der Waals surface area contributed by atoms with E-state index < -0.39 is 83.3 Å². The highest BCUT2D eigenvalue weighted by Crippen LogP contribution is 2.12. The van der Waals surface area contributed by atoms with Crippen molar-refractivity contribution in [3.05, 3.63) is 0 Å². The Morgan fingerprint density at radius 2 is 0.833 bits per heavy atom. The van der Waals surface area contributed by atoms with Gasteiger partial charge in [0.1, 0.15) is 8.04 Å². The average Bonchev–Trinajstić information content (AvgIpc) is 2.57. The third kappa shape index (κ3) is 8.94. The largest absolute Gasteiger partial charge is 0.690 e. The summed E-state index contributed by atoms with van der Waals surface area (Å²) in [5, 5.41) is 0. The predicted molar refractivity (Wildman–Crippen MR) is 178 cm³/mol. The van der Waals surface area contributed by atoms with Crippen LogP contribution in [0, 0.1) is 0 Å². The van der Waals surface area contributed by atoms with Gasteiger partial charge in [0.05, 0.1) is 0 Å². The molecule has 0 bridgehead atoms. The van der Waals surface area contributed by atoms with E-state index in [1.54, 1.807) is 22.9 Å². The molecule has 0 aromatic carbocycles. The average molecular weight is 447 g/mol. The molecule has 0 amide bonds. The first-order valence-electron chi connectivity index (χ1n) is 9.87. The van der Waals surface area contributed by atoms with Crippen LogP contribution in [0.4, 0.5) is 0 Å². The Balaban J connectivity index is 7.06. The molecule has 1 nitrogen and oxygen atoms in total. The zero-order valence-electron chi connectivity index (χ0n) is 18.0. The van der Waals surface area contributed by atoms with E-state index in [1.807, 2.05) is 0 Å². The van der Waals surface area contributed by atoms with Gasteiger partial charge in [-0.15, -0.1) is 0 Å². The van der Waals surface area contributed by atoms with Crippen molar-refractivity contribution in [1.29, 1.82) is 0 Å². The first-order valence-corrected chi connectivity index (χ1v) is 10.4. The van der Waals surface area contributed by atoms with Crippen LogP contribution in [-0.4, -0.2) is 199 Å². The van der Waals surface area contributed by atoms with Crippen LogP contribution in [-0.2, 0) is 0 Å². The second kappa shape index (κ2) is 15.5. The van der Waals surface area contributed by atoms with Crippen molar-refractivity contribution in [3.8, 4) is 0 Å². The Labute approximate surface area is 224 Å². The third-order valence-electron chi connectivity index (χ3n) is 5.57. The molecule has 0 aliphatic rings. The summed E-state index contributed by atoms with van der Waals surface area (Å²) in [4.78, 5) is 0. The highest BCUT2D eigenvalue weighted by Gasteiger charge is 2.51. The molecule has 0 spiro atoms. The summed E-state index contributed by atoms with van der Waals surface area (Å²) < 4.78 is 9.57. The first-order chi connectivity index (χ1) is 14.1. The zero-order chi connectivity index (χ0) is 24.8.